The molecule has 3 nitrogen and oxygen atoms in total. The Kier molecular flexibility index (Phi) is 4.23. The summed E-state index contributed by atoms with van der Waals surface area (Å²) in [7, 11) is 0. The van der Waals surface area contributed by atoms with Gasteiger partial charge in [-0.3, -0.25) is 0 Å². The summed E-state index contributed by atoms with van der Waals surface area (Å²) in [6.45, 7) is 11.2. The molecule has 116 valence electrons. The fourth-order valence-electron chi connectivity index (χ4n) is 3.52. The van der Waals surface area contributed by atoms with E-state index in [1.54, 1.807) is 0 Å². The molecule has 1 aromatic carbocycles. The molecule has 0 amide bonds. The number of ether oxygens (including phenoxy) is 1. The number of nitrogens with zero attached hydrogens (tertiary/aromatic N) is 1. The standard InChI is InChI=1S/C18H28N2O/c1-14(13-20-9-4-5-10-20)19-12-16-8-6-7-15-11-18(2,3)21-17(15)16/h6-8,14,19H,4-5,9-13H2,1-3H3. The third kappa shape index (κ3) is 3.58. The molecule has 1 fully saturated rings. The van der Waals surface area contributed by atoms with E-state index in [0.717, 1.165) is 25.3 Å². The van der Waals surface area contributed by atoms with Crippen LogP contribution in [0.15, 0.2) is 18.2 Å². The van der Waals surface area contributed by atoms with Gasteiger partial charge in [-0.2, -0.15) is 0 Å². The van der Waals surface area contributed by atoms with Crippen molar-refractivity contribution < 1.29 is 4.74 Å². The smallest absolute Gasteiger partial charge is 0.127 e. The van der Waals surface area contributed by atoms with Crippen molar-refractivity contribution in [1.82, 2.24) is 10.2 Å². The molecule has 2 aliphatic rings. The minimum absolute atomic E-state index is 0.0559. The molecule has 21 heavy (non-hydrogen) atoms. The van der Waals surface area contributed by atoms with E-state index in [1.807, 2.05) is 0 Å². The van der Waals surface area contributed by atoms with Crippen molar-refractivity contribution >= 4 is 0 Å². The zero-order valence-corrected chi connectivity index (χ0v) is 13.6. The Hall–Kier alpha value is -1.06. The molecule has 1 saturated heterocycles. The first-order valence-corrected chi connectivity index (χ1v) is 8.29. The molecule has 0 radical (unpaired) electrons. The molecular weight excluding hydrogens is 260 g/mol. The van der Waals surface area contributed by atoms with E-state index in [4.69, 9.17) is 4.74 Å². The fourth-order valence-corrected chi connectivity index (χ4v) is 3.52. The molecular formula is C18H28N2O. The van der Waals surface area contributed by atoms with Crippen LogP contribution in [0, 0.1) is 0 Å². The Balaban J connectivity index is 1.57. The summed E-state index contributed by atoms with van der Waals surface area (Å²) in [6, 6.07) is 7.07. The van der Waals surface area contributed by atoms with Crippen LogP contribution >= 0.6 is 0 Å². The Morgan fingerprint density at radius 2 is 2.05 bits per heavy atom. The summed E-state index contributed by atoms with van der Waals surface area (Å²) < 4.78 is 6.14. The number of fused-ring (bicyclic) bond motifs is 1. The zero-order chi connectivity index (χ0) is 14.9. The van der Waals surface area contributed by atoms with Gasteiger partial charge in [0.15, 0.2) is 0 Å². The summed E-state index contributed by atoms with van der Waals surface area (Å²) in [5.41, 5.74) is 2.59. The lowest BCUT2D eigenvalue weighted by atomic mass is 10.0. The maximum Gasteiger partial charge on any atom is 0.127 e. The number of likely N-dealkylation sites (tertiary alicyclic amines) is 1. The van der Waals surface area contributed by atoms with Crippen LogP contribution in [0.25, 0.3) is 0 Å². The van der Waals surface area contributed by atoms with Crippen molar-refractivity contribution in [2.75, 3.05) is 19.6 Å². The lowest BCUT2D eigenvalue weighted by Gasteiger charge is -2.22. The largest absolute Gasteiger partial charge is 0.487 e. The van der Waals surface area contributed by atoms with Crippen LogP contribution in [0.3, 0.4) is 0 Å². The average molecular weight is 288 g/mol. The summed E-state index contributed by atoms with van der Waals surface area (Å²) >= 11 is 0. The summed E-state index contributed by atoms with van der Waals surface area (Å²) in [4.78, 5) is 2.56. The average Bonchev–Trinajstić information content (AvgIpc) is 3.01. The fraction of sp³-hybridized carbons (Fsp3) is 0.667. The van der Waals surface area contributed by atoms with Crippen molar-refractivity contribution in [2.24, 2.45) is 0 Å². The van der Waals surface area contributed by atoms with Gasteiger partial charge in [-0.05, 0) is 52.3 Å². The highest BCUT2D eigenvalue weighted by Crippen LogP contribution is 2.37. The SMILES string of the molecule is CC(CN1CCCC1)NCc1cccc2c1OC(C)(C)C2. The summed E-state index contributed by atoms with van der Waals surface area (Å²) in [6.07, 6.45) is 3.74. The molecule has 0 aromatic heterocycles. The monoisotopic (exact) mass is 288 g/mol. The van der Waals surface area contributed by atoms with E-state index in [1.165, 1.54) is 37.1 Å². The highest BCUT2D eigenvalue weighted by molar-refractivity contribution is 5.45. The quantitative estimate of drug-likeness (QED) is 0.901. The minimum atomic E-state index is -0.0559. The lowest BCUT2D eigenvalue weighted by molar-refractivity contribution is 0.137. The summed E-state index contributed by atoms with van der Waals surface area (Å²) in [5, 5.41) is 3.66. The number of rotatable bonds is 5. The number of hydrogen-bond acceptors (Lipinski definition) is 3. The van der Waals surface area contributed by atoms with Crippen molar-refractivity contribution in [1.29, 1.82) is 0 Å². The summed E-state index contributed by atoms with van der Waals surface area (Å²) in [5.74, 6) is 1.11. The van der Waals surface area contributed by atoms with Crippen molar-refractivity contribution in [3.8, 4) is 5.75 Å². The van der Waals surface area contributed by atoms with Crippen LogP contribution in [-0.2, 0) is 13.0 Å². The molecule has 2 aliphatic heterocycles. The van der Waals surface area contributed by atoms with Gasteiger partial charge in [0, 0.05) is 31.1 Å². The molecule has 0 bridgehead atoms. The minimum Gasteiger partial charge on any atom is -0.487 e. The molecule has 1 aromatic rings. The van der Waals surface area contributed by atoms with Crippen LogP contribution in [-0.4, -0.2) is 36.2 Å². The Labute approximate surface area is 128 Å². The van der Waals surface area contributed by atoms with E-state index < -0.39 is 0 Å². The second-order valence-electron chi connectivity index (χ2n) is 7.23. The van der Waals surface area contributed by atoms with Crippen LogP contribution in [0.1, 0.15) is 44.7 Å². The van der Waals surface area contributed by atoms with Crippen LogP contribution in [0.4, 0.5) is 0 Å². The van der Waals surface area contributed by atoms with Crippen molar-refractivity contribution in [2.45, 2.75) is 58.2 Å². The first kappa shape index (κ1) is 14.9. The first-order chi connectivity index (χ1) is 10.0. The Morgan fingerprint density at radius 1 is 1.29 bits per heavy atom. The molecule has 3 rings (SSSR count). The van der Waals surface area contributed by atoms with Gasteiger partial charge in [0.25, 0.3) is 0 Å². The van der Waals surface area contributed by atoms with Gasteiger partial charge in [0.2, 0.25) is 0 Å². The molecule has 0 aliphatic carbocycles. The lowest BCUT2D eigenvalue weighted by Crippen LogP contribution is -2.37. The highest BCUT2D eigenvalue weighted by atomic mass is 16.5. The first-order valence-electron chi connectivity index (χ1n) is 8.29. The number of nitrogens with one attached hydrogen (secondary N) is 1. The maximum atomic E-state index is 6.14. The molecule has 3 heteroatoms. The van der Waals surface area contributed by atoms with Crippen LogP contribution < -0.4 is 10.1 Å². The third-order valence-electron chi connectivity index (χ3n) is 4.54. The Bertz CT molecular complexity index is 492. The van der Waals surface area contributed by atoms with Gasteiger partial charge in [0.1, 0.15) is 11.4 Å². The van der Waals surface area contributed by atoms with Crippen molar-refractivity contribution in [3.05, 3.63) is 29.3 Å². The molecule has 1 atom stereocenters. The van der Waals surface area contributed by atoms with Gasteiger partial charge in [-0.25, -0.2) is 0 Å². The van der Waals surface area contributed by atoms with E-state index in [0.29, 0.717) is 6.04 Å². The van der Waals surface area contributed by atoms with Gasteiger partial charge in [-0.15, -0.1) is 0 Å². The highest BCUT2D eigenvalue weighted by Gasteiger charge is 2.31. The third-order valence-corrected chi connectivity index (χ3v) is 4.54. The zero-order valence-electron chi connectivity index (χ0n) is 13.6. The van der Waals surface area contributed by atoms with E-state index in [2.05, 4.69) is 49.2 Å². The van der Waals surface area contributed by atoms with Gasteiger partial charge < -0.3 is 15.0 Å². The second-order valence-corrected chi connectivity index (χ2v) is 7.23. The number of para-hydroxylation sites is 1. The normalized spacial score (nSPS) is 22.0. The number of hydrogen-bond donors (Lipinski definition) is 1. The molecule has 1 N–H and O–H groups in total. The molecule has 0 saturated carbocycles. The topological polar surface area (TPSA) is 24.5 Å². The molecule has 1 unspecified atom stereocenters. The Morgan fingerprint density at radius 3 is 2.81 bits per heavy atom. The van der Waals surface area contributed by atoms with Gasteiger partial charge >= 0.3 is 0 Å². The number of benzene rings is 1. The van der Waals surface area contributed by atoms with E-state index >= 15 is 0 Å². The predicted octanol–water partition coefficient (Wildman–Crippen LogP) is 2.97. The molecule has 2 heterocycles. The van der Waals surface area contributed by atoms with Gasteiger partial charge in [0.05, 0.1) is 0 Å². The van der Waals surface area contributed by atoms with Crippen LogP contribution in [0.2, 0.25) is 0 Å². The van der Waals surface area contributed by atoms with Crippen molar-refractivity contribution in [3.63, 3.8) is 0 Å². The molecule has 0 spiro atoms. The van der Waals surface area contributed by atoms with E-state index in [-0.39, 0.29) is 5.60 Å². The van der Waals surface area contributed by atoms with E-state index in [9.17, 15) is 0 Å². The van der Waals surface area contributed by atoms with Crippen LogP contribution in [0.5, 0.6) is 5.75 Å². The van der Waals surface area contributed by atoms with Gasteiger partial charge in [-0.1, -0.05) is 18.2 Å². The predicted molar refractivity (Wildman–Crippen MR) is 86.8 cm³/mol. The maximum absolute atomic E-state index is 6.14. The second kappa shape index (κ2) is 5.98.